The second kappa shape index (κ2) is 3.81. The van der Waals surface area contributed by atoms with Gasteiger partial charge in [0.15, 0.2) is 0 Å². The van der Waals surface area contributed by atoms with Crippen LogP contribution < -0.4 is 0 Å². The van der Waals surface area contributed by atoms with Crippen LogP contribution in [0.5, 0.6) is 0 Å². The molecule has 3 aliphatic carbocycles. The molecule has 0 spiro atoms. The molecule has 0 radical (unpaired) electrons. The monoisotopic (exact) mass is 204 g/mol. The maximum absolute atomic E-state index is 2.53. The smallest absolute Gasteiger partial charge is 0.0146 e. The van der Waals surface area contributed by atoms with Gasteiger partial charge in [-0.05, 0) is 56.8 Å². The highest BCUT2D eigenvalue weighted by Gasteiger charge is 2.50. The Hall–Kier alpha value is -0.520. The van der Waals surface area contributed by atoms with Crippen molar-refractivity contribution in [3.05, 3.63) is 23.3 Å². The molecule has 84 valence electrons. The lowest BCUT2D eigenvalue weighted by molar-refractivity contribution is -0.00811. The molecule has 0 heteroatoms. The first-order chi connectivity index (χ1) is 7.01. The average Bonchev–Trinajstić information content (AvgIpc) is 2.17. The molecule has 2 bridgehead atoms. The summed E-state index contributed by atoms with van der Waals surface area (Å²) in [6.07, 6.45) is 10.3. The molecule has 0 aromatic carbocycles. The minimum atomic E-state index is 0.606. The highest BCUT2D eigenvalue weighted by atomic mass is 14.5. The van der Waals surface area contributed by atoms with Gasteiger partial charge in [0, 0.05) is 0 Å². The van der Waals surface area contributed by atoms with Crippen molar-refractivity contribution < 1.29 is 0 Å². The van der Waals surface area contributed by atoms with E-state index in [0.29, 0.717) is 5.41 Å². The van der Waals surface area contributed by atoms with Gasteiger partial charge in [-0.2, -0.15) is 0 Å². The van der Waals surface area contributed by atoms with Gasteiger partial charge in [-0.3, -0.25) is 0 Å². The molecule has 0 saturated heterocycles. The number of rotatable bonds is 3. The van der Waals surface area contributed by atoms with E-state index in [9.17, 15) is 0 Å². The number of fused-ring (bicyclic) bond motifs is 1. The standard InChI is InChI=1S/C15H24/c1-11(2)6-5-7-12-8-9-13-10-14(12)15(13,3)4/h6,8,13-14H,5,7,9-10H2,1-4H3/t13-,14-/m0/s1. The van der Waals surface area contributed by atoms with E-state index in [1.54, 1.807) is 5.57 Å². The van der Waals surface area contributed by atoms with E-state index in [2.05, 4.69) is 39.8 Å². The lowest BCUT2D eigenvalue weighted by Crippen LogP contribution is -2.47. The summed E-state index contributed by atoms with van der Waals surface area (Å²) in [7, 11) is 0. The summed E-state index contributed by atoms with van der Waals surface area (Å²) in [5.41, 5.74) is 3.81. The van der Waals surface area contributed by atoms with Crippen LogP contribution in [0.1, 0.15) is 53.4 Å². The van der Waals surface area contributed by atoms with Crippen LogP contribution in [0.4, 0.5) is 0 Å². The van der Waals surface area contributed by atoms with Gasteiger partial charge in [0.2, 0.25) is 0 Å². The van der Waals surface area contributed by atoms with E-state index < -0.39 is 0 Å². The fourth-order valence-electron chi connectivity index (χ4n) is 3.28. The summed E-state index contributed by atoms with van der Waals surface area (Å²) < 4.78 is 0. The Kier molecular flexibility index (Phi) is 2.79. The molecular weight excluding hydrogens is 180 g/mol. The Morgan fingerprint density at radius 1 is 1.47 bits per heavy atom. The molecule has 0 heterocycles. The van der Waals surface area contributed by atoms with Crippen molar-refractivity contribution in [2.24, 2.45) is 17.3 Å². The molecule has 0 nitrogen and oxygen atoms in total. The van der Waals surface area contributed by atoms with Crippen molar-refractivity contribution >= 4 is 0 Å². The van der Waals surface area contributed by atoms with Crippen LogP contribution in [0, 0.1) is 17.3 Å². The van der Waals surface area contributed by atoms with E-state index in [4.69, 9.17) is 0 Å². The third-order valence-electron chi connectivity index (χ3n) is 4.57. The maximum Gasteiger partial charge on any atom is -0.0146 e. The first-order valence-electron chi connectivity index (χ1n) is 6.34. The summed E-state index contributed by atoms with van der Waals surface area (Å²) in [6, 6.07) is 0. The van der Waals surface area contributed by atoms with Crippen LogP contribution in [0.15, 0.2) is 23.3 Å². The molecule has 1 fully saturated rings. The molecule has 0 aromatic heterocycles. The zero-order valence-electron chi connectivity index (χ0n) is 10.6. The van der Waals surface area contributed by atoms with Crippen molar-refractivity contribution in [1.82, 2.24) is 0 Å². The number of allylic oxidation sites excluding steroid dienone is 4. The fraction of sp³-hybridized carbons (Fsp3) is 0.733. The summed E-state index contributed by atoms with van der Waals surface area (Å²) in [5, 5.41) is 0. The molecule has 2 atom stereocenters. The Morgan fingerprint density at radius 3 is 2.73 bits per heavy atom. The van der Waals surface area contributed by atoms with Gasteiger partial charge in [-0.1, -0.05) is 37.1 Å². The van der Waals surface area contributed by atoms with Gasteiger partial charge in [0.25, 0.3) is 0 Å². The van der Waals surface area contributed by atoms with E-state index in [0.717, 1.165) is 11.8 Å². The Labute approximate surface area is 94.5 Å². The molecule has 0 aromatic rings. The van der Waals surface area contributed by atoms with Crippen LogP contribution in [-0.2, 0) is 0 Å². The van der Waals surface area contributed by atoms with Crippen LogP contribution in [0.3, 0.4) is 0 Å². The molecular formula is C15H24. The Morgan fingerprint density at radius 2 is 2.20 bits per heavy atom. The lowest BCUT2D eigenvalue weighted by atomic mass is 9.48. The third-order valence-corrected chi connectivity index (χ3v) is 4.57. The quantitative estimate of drug-likeness (QED) is 0.583. The predicted octanol–water partition coefficient (Wildman–Crippen LogP) is 4.73. The van der Waals surface area contributed by atoms with Gasteiger partial charge >= 0.3 is 0 Å². The molecule has 1 saturated carbocycles. The molecule has 0 unspecified atom stereocenters. The first-order valence-corrected chi connectivity index (χ1v) is 6.34. The van der Waals surface area contributed by atoms with Crippen LogP contribution in [0.2, 0.25) is 0 Å². The summed E-state index contributed by atoms with van der Waals surface area (Å²) in [6.45, 7) is 9.30. The van der Waals surface area contributed by atoms with Gasteiger partial charge in [0.05, 0.1) is 0 Å². The zero-order valence-corrected chi connectivity index (χ0v) is 10.6. The summed E-state index contributed by atoms with van der Waals surface area (Å²) in [4.78, 5) is 0. The Bertz CT molecular complexity index is 300. The zero-order chi connectivity index (χ0) is 11.1. The average molecular weight is 204 g/mol. The van der Waals surface area contributed by atoms with E-state index in [1.165, 1.54) is 31.3 Å². The summed E-state index contributed by atoms with van der Waals surface area (Å²) >= 11 is 0. The van der Waals surface area contributed by atoms with Crippen LogP contribution >= 0.6 is 0 Å². The highest BCUT2D eigenvalue weighted by Crippen LogP contribution is 2.59. The van der Waals surface area contributed by atoms with Crippen molar-refractivity contribution in [2.75, 3.05) is 0 Å². The SMILES string of the molecule is CC(C)=CCCC1=CC[C@H]2C[C@@H]1C2(C)C. The Balaban J connectivity index is 1.94. The van der Waals surface area contributed by atoms with Crippen molar-refractivity contribution in [2.45, 2.75) is 53.4 Å². The van der Waals surface area contributed by atoms with Gasteiger partial charge in [0.1, 0.15) is 0 Å². The molecule has 0 amide bonds. The highest BCUT2D eigenvalue weighted by molar-refractivity contribution is 5.23. The minimum absolute atomic E-state index is 0.606. The van der Waals surface area contributed by atoms with Crippen LogP contribution in [-0.4, -0.2) is 0 Å². The molecule has 15 heavy (non-hydrogen) atoms. The third kappa shape index (κ3) is 1.91. The molecule has 0 aliphatic heterocycles. The van der Waals surface area contributed by atoms with E-state index in [1.807, 2.05) is 0 Å². The summed E-state index contributed by atoms with van der Waals surface area (Å²) in [5.74, 6) is 1.89. The van der Waals surface area contributed by atoms with Crippen LogP contribution in [0.25, 0.3) is 0 Å². The number of hydrogen-bond donors (Lipinski definition) is 0. The van der Waals surface area contributed by atoms with Crippen molar-refractivity contribution in [3.8, 4) is 0 Å². The largest absolute Gasteiger partial charge is 0.0856 e. The number of hydrogen-bond acceptors (Lipinski definition) is 0. The lowest BCUT2D eigenvalue weighted by Gasteiger charge is -2.56. The second-order valence-corrected chi connectivity index (χ2v) is 6.14. The van der Waals surface area contributed by atoms with Gasteiger partial charge < -0.3 is 0 Å². The first kappa shape index (κ1) is 11.0. The fourth-order valence-corrected chi connectivity index (χ4v) is 3.28. The molecule has 0 N–H and O–H groups in total. The topological polar surface area (TPSA) is 0 Å². The van der Waals surface area contributed by atoms with Crippen molar-refractivity contribution in [3.63, 3.8) is 0 Å². The predicted molar refractivity (Wildman–Crippen MR) is 66.7 cm³/mol. The molecule has 3 aliphatic rings. The van der Waals surface area contributed by atoms with Gasteiger partial charge in [-0.15, -0.1) is 0 Å². The second-order valence-electron chi connectivity index (χ2n) is 6.14. The van der Waals surface area contributed by atoms with E-state index in [-0.39, 0.29) is 0 Å². The van der Waals surface area contributed by atoms with Gasteiger partial charge in [-0.25, -0.2) is 0 Å². The van der Waals surface area contributed by atoms with Crippen molar-refractivity contribution in [1.29, 1.82) is 0 Å². The minimum Gasteiger partial charge on any atom is -0.0856 e. The normalized spacial score (nSPS) is 31.6. The van der Waals surface area contributed by atoms with E-state index >= 15 is 0 Å². The maximum atomic E-state index is 2.53. The molecule has 3 rings (SSSR count).